The van der Waals surface area contributed by atoms with Gasteiger partial charge in [0.15, 0.2) is 0 Å². The summed E-state index contributed by atoms with van der Waals surface area (Å²) in [6, 6.07) is 4.31. The van der Waals surface area contributed by atoms with Crippen molar-refractivity contribution in [3.8, 4) is 0 Å². The van der Waals surface area contributed by atoms with Gasteiger partial charge in [-0.3, -0.25) is 24.5 Å². The second-order valence-corrected chi connectivity index (χ2v) is 10.9. The number of carbonyl (C=O) groups excluding carboxylic acids is 5. The molecule has 2 atom stereocenters. The third-order valence-electron chi connectivity index (χ3n) is 7.38. The third-order valence-corrected chi connectivity index (χ3v) is 7.38. The lowest BCUT2D eigenvalue weighted by atomic mass is 9.84. The van der Waals surface area contributed by atoms with E-state index in [1.807, 2.05) is 20.8 Å². The first kappa shape index (κ1) is 23.3. The first-order chi connectivity index (χ1) is 16.5. The molecule has 0 radical (unpaired) electrons. The second-order valence-electron chi connectivity index (χ2n) is 10.9. The van der Waals surface area contributed by atoms with Gasteiger partial charge in [0.25, 0.3) is 11.8 Å². The van der Waals surface area contributed by atoms with Crippen LogP contribution in [-0.2, 0) is 20.9 Å². The minimum atomic E-state index is -0.692. The van der Waals surface area contributed by atoms with Gasteiger partial charge in [0, 0.05) is 43.7 Å². The average molecular weight is 483 g/mol. The maximum absolute atomic E-state index is 13.3. The van der Waals surface area contributed by atoms with Crippen LogP contribution in [0.2, 0.25) is 0 Å². The zero-order valence-electron chi connectivity index (χ0n) is 20.3. The van der Waals surface area contributed by atoms with Crippen LogP contribution in [0.3, 0.4) is 0 Å². The monoisotopic (exact) mass is 482 g/mol. The standard InChI is InChI=1S/C25H30N4O6/c1-24(2,3)35-23(34)29-11-9-25(29)8-10-27(14-25)21(32)15-4-5-17-16(12-15)13-28(22(17)33)18-6-7-19(30)26-20(18)31/h4-5,12,18H,6-11,13-14H2,1-3H3,(H,26,30,31). The highest BCUT2D eigenvalue weighted by Crippen LogP contribution is 2.40. The fourth-order valence-corrected chi connectivity index (χ4v) is 5.49. The van der Waals surface area contributed by atoms with Gasteiger partial charge in [-0.2, -0.15) is 0 Å². The van der Waals surface area contributed by atoms with Crippen molar-refractivity contribution in [3.63, 3.8) is 0 Å². The molecule has 5 rings (SSSR count). The molecule has 1 spiro atoms. The largest absolute Gasteiger partial charge is 0.444 e. The van der Waals surface area contributed by atoms with E-state index in [1.165, 1.54) is 4.90 Å². The Morgan fingerprint density at radius 1 is 1.11 bits per heavy atom. The highest BCUT2D eigenvalue weighted by atomic mass is 16.6. The topological polar surface area (TPSA) is 116 Å². The number of likely N-dealkylation sites (tertiary alicyclic amines) is 2. The molecule has 10 heteroatoms. The Morgan fingerprint density at radius 2 is 1.86 bits per heavy atom. The number of rotatable bonds is 2. The van der Waals surface area contributed by atoms with Crippen LogP contribution in [0.15, 0.2) is 18.2 Å². The van der Waals surface area contributed by atoms with Crippen molar-refractivity contribution in [3.05, 3.63) is 34.9 Å². The fourth-order valence-electron chi connectivity index (χ4n) is 5.49. The first-order valence-electron chi connectivity index (χ1n) is 12.0. The van der Waals surface area contributed by atoms with E-state index in [0.717, 1.165) is 6.42 Å². The summed E-state index contributed by atoms with van der Waals surface area (Å²) in [5.41, 5.74) is 0.679. The lowest BCUT2D eigenvalue weighted by Crippen LogP contribution is -2.64. The van der Waals surface area contributed by atoms with E-state index in [0.29, 0.717) is 49.2 Å². The molecule has 4 heterocycles. The van der Waals surface area contributed by atoms with Crippen LogP contribution in [0.25, 0.3) is 0 Å². The Bertz CT molecular complexity index is 1140. The molecule has 1 aromatic rings. The number of fused-ring (bicyclic) bond motifs is 1. The highest BCUT2D eigenvalue weighted by molar-refractivity contribution is 6.06. The van der Waals surface area contributed by atoms with Gasteiger partial charge in [0.1, 0.15) is 11.6 Å². The summed E-state index contributed by atoms with van der Waals surface area (Å²) in [6.07, 6.45) is 1.67. The maximum Gasteiger partial charge on any atom is 0.410 e. The quantitative estimate of drug-likeness (QED) is 0.641. The van der Waals surface area contributed by atoms with Crippen molar-refractivity contribution in [2.75, 3.05) is 19.6 Å². The molecule has 4 aliphatic heterocycles. The van der Waals surface area contributed by atoms with Crippen molar-refractivity contribution in [1.29, 1.82) is 0 Å². The molecule has 0 aromatic heterocycles. The predicted molar refractivity (Wildman–Crippen MR) is 123 cm³/mol. The zero-order chi connectivity index (χ0) is 25.1. The lowest BCUT2D eigenvalue weighted by molar-refractivity contribution is -0.136. The number of nitrogens with zero attached hydrogens (tertiary/aromatic N) is 3. The molecule has 0 bridgehead atoms. The van der Waals surface area contributed by atoms with Crippen molar-refractivity contribution in [2.24, 2.45) is 0 Å². The Labute approximate surface area is 203 Å². The number of benzene rings is 1. The second kappa shape index (κ2) is 8.07. The maximum atomic E-state index is 13.3. The summed E-state index contributed by atoms with van der Waals surface area (Å²) < 4.78 is 5.54. The third kappa shape index (κ3) is 4.04. The van der Waals surface area contributed by atoms with Crippen molar-refractivity contribution in [2.45, 2.75) is 70.2 Å². The first-order valence-corrected chi connectivity index (χ1v) is 12.0. The van der Waals surface area contributed by atoms with Crippen LogP contribution in [0.5, 0.6) is 0 Å². The van der Waals surface area contributed by atoms with E-state index in [4.69, 9.17) is 4.74 Å². The molecule has 35 heavy (non-hydrogen) atoms. The molecule has 10 nitrogen and oxygen atoms in total. The Balaban J connectivity index is 1.27. The molecular formula is C25H30N4O6. The minimum Gasteiger partial charge on any atom is -0.444 e. The van der Waals surface area contributed by atoms with E-state index in [2.05, 4.69) is 5.32 Å². The van der Waals surface area contributed by atoms with E-state index in [9.17, 15) is 24.0 Å². The number of hydrogen-bond acceptors (Lipinski definition) is 6. The predicted octanol–water partition coefficient (Wildman–Crippen LogP) is 1.67. The Hall–Kier alpha value is -3.43. The summed E-state index contributed by atoms with van der Waals surface area (Å²) >= 11 is 0. The summed E-state index contributed by atoms with van der Waals surface area (Å²) in [6.45, 7) is 7.33. The number of nitrogens with one attached hydrogen (secondary N) is 1. The van der Waals surface area contributed by atoms with Gasteiger partial charge in [0.05, 0.1) is 5.54 Å². The Morgan fingerprint density at radius 3 is 2.51 bits per heavy atom. The molecule has 1 aromatic carbocycles. The van der Waals surface area contributed by atoms with Crippen molar-refractivity contribution < 1.29 is 28.7 Å². The lowest BCUT2D eigenvalue weighted by Gasteiger charge is -2.50. The number of hydrogen-bond donors (Lipinski definition) is 1. The van der Waals surface area contributed by atoms with Crippen LogP contribution in [-0.4, -0.2) is 81.2 Å². The molecule has 1 N–H and O–H groups in total. The van der Waals surface area contributed by atoms with Crippen LogP contribution in [0.1, 0.15) is 72.7 Å². The fraction of sp³-hybridized carbons (Fsp3) is 0.560. The van der Waals surface area contributed by atoms with Crippen molar-refractivity contribution in [1.82, 2.24) is 20.0 Å². The van der Waals surface area contributed by atoms with Crippen LogP contribution in [0.4, 0.5) is 4.79 Å². The summed E-state index contributed by atoms with van der Waals surface area (Å²) in [5.74, 6) is -1.21. The van der Waals surface area contributed by atoms with E-state index < -0.39 is 17.6 Å². The summed E-state index contributed by atoms with van der Waals surface area (Å²) in [4.78, 5) is 67.5. The number of ether oxygens (including phenoxy) is 1. The van der Waals surface area contributed by atoms with Gasteiger partial charge < -0.3 is 19.4 Å². The molecule has 3 saturated heterocycles. The van der Waals surface area contributed by atoms with Gasteiger partial charge in [-0.15, -0.1) is 0 Å². The number of amides is 5. The smallest absolute Gasteiger partial charge is 0.410 e. The van der Waals surface area contributed by atoms with E-state index >= 15 is 0 Å². The molecule has 186 valence electrons. The Kier molecular flexibility index (Phi) is 5.37. The molecule has 0 saturated carbocycles. The zero-order valence-corrected chi connectivity index (χ0v) is 20.3. The molecule has 5 amide bonds. The summed E-state index contributed by atoms with van der Waals surface area (Å²) in [5, 5.41) is 2.29. The van der Waals surface area contributed by atoms with Gasteiger partial charge in [-0.25, -0.2) is 4.79 Å². The van der Waals surface area contributed by atoms with Crippen LogP contribution in [0, 0.1) is 0 Å². The molecule has 4 aliphatic rings. The van der Waals surface area contributed by atoms with Crippen LogP contribution < -0.4 is 5.32 Å². The van der Waals surface area contributed by atoms with Gasteiger partial charge in [-0.05, 0) is 63.8 Å². The number of piperidine rings is 1. The normalized spacial score (nSPS) is 26.1. The van der Waals surface area contributed by atoms with Crippen molar-refractivity contribution >= 4 is 29.7 Å². The van der Waals surface area contributed by atoms with Gasteiger partial charge in [-0.1, -0.05) is 0 Å². The highest BCUT2D eigenvalue weighted by Gasteiger charge is 2.53. The van der Waals surface area contributed by atoms with Crippen LogP contribution >= 0.6 is 0 Å². The molecule has 3 fully saturated rings. The van der Waals surface area contributed by atoms with E-state index in [-0.39, 0.29) is 42.3 Å². The minimum absolute atomic E-state index is 0.146. The molecule has 0 aliphatic carbocycles. The van der Waals surface area contributed by atoms with E-state index in [1.54, 1.807) is 28.0 Å². The SMILES string of the molecule is CC(C)(C)OC(=O)N1CCC12CCN(C(=O)c1ccc3c(c1)CN(C1CCC(=O)NC1=O)C3=O)C2. The molecular weight excluding hydrogens is 452 g/mol. The molecule has 2 unspecified atom stereocenters. The summed E-state index contributed by atoms with van der Waals surface area (Å²) in [7, 11) is 0. The average Bonchev–Trinajstić information content (AvgIpc) is 3.35. The number of imide groups is 1. The van der Waals surface area contributed by atoms with Gasteiger partial charge >= 0.3 is 6.09 Å². The number of carbonyl (C=O) groups is 5. The van der Waals surface area contributed by atoms with Gasteiger partial charge in [0.2, 0.25) is 11.8 Å².